The molecular formula is C7H5N2O. The molecule has 1 aliphatic heterocycles. The third-order valence-corrected chi connectivity index (χ3v) is 1.25. The van der Waals surface area contributed by atoms with E-state index in [4.69, 9.17) is 4.74 Å². The van der Waals surface area contributed by atoms with Gasteiger partial charge >= 0.3 is 0 Å². The van der Waals surface area contributed by atoms with Crippen molar-refractivity contribution in [1.82, 2.24) is 4.98 Å². The summed E-state index contributed by atoms with van der Waals surface area (Å²) in [7, 11) is 0. The van der Waals surface area contributed by atoms with Gasteiger partial charge in [-0.1, -0.05) is 0 Å². The lowest BCUT2D eigenvalue weighted by Gasteiger charge is -2.08. The molecule has 0 saturated heterocycles. The van der Waals surface area contributed by atoms with Gasteiger partial charge in [0.1, 0.15) is 24.3 Å². The Hall–Kier alpha value is -1.38. The van der Waals surface area contributed by atoms with Gasteiger partial charge in [0.15, 0.2) is 0 Å². The molecular weight excluding hydrogens is 128 g/mol. The van der Waals surface area contributed by atoms with Crippen molar-refractivity contribution in [3.8, 4) is 5.75 Å². The summed E-state index contributed by atoms with van der Waals surface area (Å²) in [6.07, 6.45) is 6.04. The first-order valence-corrected chi connectivity index (χ1v) is 2.97. The molecule has 1 aromatic rings. The Kier molecular flexibility index (Phi) is 1.13. The van der Waals surface area contributed by atoms with E-state index in [9.17, 15) is 0 Å². The lowest BCUT2D eigenvalue weighted by Crippen LogP contribution is -2.02. The predicted molar refractivity (Wildman–Crippen MR) is 36.8 cm³/mol. The minimum Gasteiger partial charge on any atom is -0.485 e. The first-order valence-electron chi connectivity index (χ1n) is 2.97. The minimum absolute atomic E-state index is 0.441. The summed E-state index contributed by atoms with van der Waals surface area (Å²) in [5.74, 6) is 0.786. The van der Waals surface area contributed by atoms with E-state index in [-0.39, 0.29) is 0 Å². The van der Waals surface area contributed by atoms with Crippen LogP contribution in [0.2, 0.25) is 0 Å². The van der Waals surface area contributed by atoms with Crippen molar-refractivity contribution in [1.29, 1.82) is 0 Å². The summed E-state index contributed by atoms with van der Waals surface area (Å²) >= 11 is 0. The fourth-order valence-electron chi connectivity index (χ4n) is 0.807. The van der Waals surface area contributed by atoms with Crippen molar-refractivity contribution in [2.75, 3.05) is 6.61 Å². The smallest absolute Gasteiger partial charge is 0.148 e. The van der Waals surface area contributed by atoms with Gasteiger partial charge in [-0.25, -0.2) is 4.99 Å². The van der Waals surface area contributed by atoms with Crippen LogP contribution in [-0.4, -0.2) is 17.8 Å². The number of hydrogen-bond donors (Lipinski definition) is 0. The number of hydrogen-bond acceptors (Lipinski definition) is 3. The fraction of sp³-hybridized carbons (Fsp3) is 0.143. The van der Waals surface area contributed by atoms with E-state index in [0.29, 0.717) is 6.61 Å². The molecule has 1 aromatic heterocycles. The second-order valence-corrected chi connectivity index (χ2v) is 1.90. The fourth-order valence-corrected chi connectivity index (χ4v) is 0.807. The molecule has 0 unspecified atom stereocenters. The highest BCUT2D eigenvalue weighted by molar-refractivity contribution is 5.69. The Morgan fingerprint density at radius 1 is 1.60 bits per heavy atom. The van der Waals surface area contributed by atoms with Gasteiger partial charge in [-0.2, -0.15) is 0 Å². The topological polar surface area (TPSA) is 34.5 Å². The second kappa shape index (κ2) is 2.10. The molecule has 0 aromatic carbocycles. The Labute approximate surface area is 58.4 Å². The van der Waals surface area contributed by atoms with Gasteiger partial charge < -0.3 is 4.74 Å². The molecule has 2 rings (SSSR count). The minimum atomic E-state index is 0.441. The maximum Gasteiger partial charge on any atom is 0.148 e. The molecule has 0 saturated carbocycles. The highest BCUT2D eigenvalue weighted by Gasteiger charge is 2.04. The first-order chi connectivity index (χ1) is 4.97. The number of pyridine rings is 1. The van der Waals surface area contributed by atoms with Gasteiger partial charge in [0.25, 0.3) is 0 Å². The highest BCUT2D eigenvalue weighted by Crippen LogP contribution is 2.26. The third-order valence-electron chi connectivity index (χ3n) is 1.25. The highest BCUT2D eigenvalue weighted by atomic mass is 16.5. The van der Waals surface area contributed by atoms with Crippen LogP contribution in [0, 0.1) is 0 Å². The Morgan fingerprint density at radius 3 is 3.50 bits per heavy atom. The van der Waals surface area contributed by atoms with Crippen LogP contribution >= 0.6 is 0 Å². The van der Waals surface area contributed by atoms with E-state index in [1.54, 1.807) is 18.5 Å². The predicted octanol–water partition coefficient (Wildman–Crippen LogP) is 1.05. The SMILES string of the molecule is [C]1=Nc2cnccc2OC1. The summed E-state index contributed by atoms with van der Waals surface area (Å²) in [5.41, 5.74) is 0.758. The van der Waals surface area contributed by atoms with Crippen LogP contribution in [0.3, 0.4) is 0 Å². The number of rotatable bonds is 0. The van der Waals surface area contributed by atoms with Crippen LogP contribution in [0.1, 0.15) is 0 Å². The van der Waals surface area contributed by atoms with E-state index in [1.165, 1.54) is 0 Å². The molecule has 1 aliphatic rings. The van der Waals surface area contributed by atoms with Crippen molar-refractivity contribution in [3.05, 3.63) is 18.5 Å². The lowest BCUT2D eigenvalue weighted by atomic mass is 10.4. The number of ether oxygens (including phenoxy) is 1. The van der Waals surface area contributed by atoms with Crippen molar-refractivity contribution < 1.29 is 4.74 Å². The van der Waals surface area contributed by atoms with Crippen molar-refractivity contribution in [3.63, 3.8) is 0 Å². The molecule has 0 atom stereocenters. The number of fused-ring (bicyclic) bond motifs is 1. The standard InChI is InChI=1S/C7H5N2O/c1-2-8-5-6-7(1)10-4-3-9-6/h1-2,5H,4H2. The Bertz CT molecular complexity index is 270. The zero-order chi connectivity index (χ0) is 6.81. The number of aromatic nitrogens is 1. The van der Waals surface area contributed by atoms with Gasteiger partial charge in [-0.15, -0.1) is 0 Å². The van der Waals surface area contributed by atoms with Crippen LogP contribution < -0.4 is 4.74 Å². The van der Waals surface area contributed by atoms with Crippen molar-refractivity contribution in [2.24, 2.45) is 4.99 Å². The zero-order valence-electron chi connectivity index (χ0n) is 5.24. The molecule has 0 bridgehead atoms. The molecule has 0 N–H and O–H groups in total. The van der Waals surface area contributed by atoms with Crippen LogP contribution in [0.25, 0.3) is 0 Å². The third kappa shape index (κ3) is 0.757. The van der Waals surface area contributed by atoms with E-state index in [2.05, 4.69) is 16.2 Å². The maximum absolute atomic E-state index is 5.18. The molecule has 2 heterocycles. The zero-order valence-corrected chi connectivity index (χ0v) is 5.24. The number of aliphatic imine (C=N–C) groups is 1. The molecule has 0 spiro atoms. The Morgan fingerprint density at radius 2 is 2.60 bits per heavy atom. The molecule has 0 fully saturated rings. The quantitative estimate of drug-likeness (QED) is 0.530. The Balaban J connectivity index is 2.54. The molecule has 3 heteroatoms. The van der Waals surface area contributed by atoms with Crippen molar-refractivity contribution >= 4 is 11.9 Å². The molecule has 49 valence electrons. The maximum atomic E-state index is 5.18. The van der Waals surface area contributed by atoms with Crippen LogP contribution in [0.5, 0.6) is 5.75 Å². The second-order valence-electron chi connectivity index (χ2n) is 1.90. The first kappa shape index (κ1) is 5.41. The van der Waals surface area contributed by atoms with E-state index in [1.807, 2.05) is 0 Å². The molecule has 0 aliphatic carbocycles. The van der Waals surface area contributed by atoms with E-state index in [0.717, 1.165) is 11.4 Å². The molecule has 10 heavy (non-hydrogen) atoms. The average Bonchev–Trinajstić information content (AvgIpc) is 2.05. The van der Waals surface area contributed by atoms with Crippen LogP contribution in [0.15, 0.2) is 23.5 Å². The average molecular weight is 133 g/mol. The monoisotopic (exact) mass is 133 g/mol. The number of nitrogens with zero attached hydrogens (tertiary/aromatic N) is 2. The molecule has 0 amide bonds. The van der Waals surface area contributed by atoms with E-state index < -0.39 is 0 Å². The summed E-state index contributed by atoms with van der Waals surface area (Å²) in [4.78, 5) is 7.84. The summed E-state index contributed by atoms with van der Waals surface area (Å²) in [6, 6.07) is 1.79. The lowest BCUT2D eigenvalue weighted by molar-refractivity contribution is 0.376. The van der Waals surface area contributed by atoms with E-state index >= 15 is 0 Å². The van der Waals surface area contributed by atoms with Gasteiger partial charge in [-0.05, 0) is 0 Å². The van der Waals surface area contributed by atoms with Crippen LogP contribution in [-0.2, 0) is 0 Å². The summed E-state index contributed by atoms with van der Waals surface area (Å²) in [6.45, 7) is 0.441. The van der Waals surface area contributed by atoms with Crippen molar-refractivity contribution in [2.45, 2.75) is 0 Å². The summed E-state index contributed by atoms with van der Waals surface area (Å²) in [5, 5.41) is 0. The van der Waals surface area contributed by atoms with Gasteiger partial charge in [0.05, 0.1) is 6.20 Å². The molecule has 3 nitrogen and oxygen atoms in total. The van der Waals surface area contributed by atoms with Gasteiger partial charge in [0.2, 0.25) is 0 Å². The normalized spacial score (nSPS) is 14.0. The summed E-state index contributed by atoms with van der Waals surface area (Å²) < 4.78 is 5.18. The van der Waals surface area contributed by atoms with Gasteiger partial charge in [0, 0.05) is 12.3 Å². The molecule has 1 radical (unpaired) electrons. The van der Waals surface area contributed by atoms with Crippen LogP contribution in [0.4, 0.5) is 5.69 Å². The largest absolute Gasteiger partial charge is 0.485 e. The van der Waals surface area contributed by atoms with Gasteiger partial charge in [-0.3, -0.25) is 4.98 Å².